The molecule has 0 spiro atoms. The zero-order valence-electron chi connectivity index (χ0n) is 8.01. The van der Waals surface area contributed by atoms with Crippen molar-refractivity contribution in [2.75, 3.05) is 6.54 Å². The number of rotatable bonds is 3. The van der Waals surface area contributed by atoms with E-state index in [1.165, 1.54) is 19.3 Å². The smallest absolute Gasteiger partial charge is 0.188 e. The molecule has 0 heterocycles. The van der Waals surface area contributed by atoms with Crippen molar-refractivity contribution >= 4 is 5.96 Å². The van der Waals surface area contributed by atoms with E-state index in [9.17, 15) is 0 Å². The molecule has 0 saturated heterocycles. The van der Waals surface area contributed by atoms with Gasteiger partial charge in [0.25, 0.3) is 0 Å². The van der Waals surface area contributed by atoms with Crippen LogP contribution in [0.5, 0.6) is 0 Å². The summed E-state index contributed by atoms with van der Waals surface area (Å²) in [6, 6.07) is 0.384. The van der Waals surface area contributed by atoms with Gasteiger partial charge in [0.05, 0.1) is 0 Å². The highest BCUT2D eigenvalue weighted by atomic mass is 15.1. The van der Waals surface area contributed by atoms with Crippen molar-refractivity contribution in [3.05, 3.63) is 0 Å². The summed E-state index contributed by atoms with van der Waals surface area (Å²) < 4.78 is 0. The molecule has 0 aromatic heterocycles. The van der Waals surface area contributed by atoms with Crippen LogP contribution in [0, 0.1) is 5.92 Å². The predicted octanol–water partition coefficient (Wildman–Crippen LogP) is 1.10. The van der Waals surface area contributed by atoms with Gasteiger partial charge in [0.15, 0.2) is 5.96 Å². The lowest BCUT2D eigenvalue weighted by Gasteiger charge is -2.23. The maximum Gasteiger partial charge on any atom is 0.188 e. The second-order valence-electron chi connectivity index (χ2n) is 3.82. The highest BCUT2D eigenvalue weighted by Gasteiger charge is 2.16. The van der Waals surface area contributed by atoms with Crippen LogP contribution < -0.4 is 11.1 Å². The summed E-state index contributed by atoms with van der Waals surface area (Å²) in [7, 11) is 0. The quantitative estimate of drug-likeness (QED) is 0.491. The summed E-state index contributed by atoms with van der Waals surface area (Å²) in [5.41, 5.74) is 5.64. The fraction of sp³-hybridized carbons (Fsp3) is 0.889. The lowest BCUT2D eigenvalue weighted by Crippen LogP contribution is -2.37. The Hall–Kier alpha value is -0.730. The molecule has 1 fully saturated rings. The molecule has 0 bridgehead atoms. The first-order valence-electron chi connectivity index (χ1n) is 4.75. The lowest BCUT2D eigenvalue weighted by atomic mass is 9.86. The third-order valence-corrected chi connectivity index (χ3v) is 2.18. The van der Waals surface area contributed by atoms with Crippen LogP contribution in [0.2, 0.25) is 0 Å². The largest absolute Gasteiger partial charge is 0.370 e. The van der Waals surface area contributed by atoms with Gasteiger partial charge >= 0.3 is 0 Å². The Morgan fingerprint density at radius 3 is 2.67 bits per heavy atom. The van der Waals surface area contributed by atoms with Crippen molar-refractivity contribution < 1.29 is 0 Å². The number of hydrogen-bond acceptors (Lipinski definition) is 1. The van der Waals surface area contributed by atoms with Gasteiger partial charge in [-0.3, -0.25) is 4.99 Å². The molecular formula is C9H19N3. The minimum absolute atomic E-state index is 0.384. The molecule has 70 valence electrons. The van der Waals surface area contributed by atoms with Gasteiger partial charge in [0, 0.05) is 12.6 Å². The van der Waals surface area contributed by atoms with Crippen molar-refractivity contribution in [3.63, 3.8) is 0 Å². The predicted molar refractivity (Wildman–Crippen MR) is 52.1 cm³/mol. The van der Waals surface area contributed by atoms with Gasteiger partial charge < -0.3 is 11.1 Å². The molecule has 0 amide bonds. The van der Waals surface area contributed by atoms with Crippen molar-refractivity contribution in [1.82, 2.24) is 5.32 Å². The molecule has 3 N–H and O–H groups in total. The Kier molecular flexibility index (Phi) is 3.38. The van der Waals surface area contributed by atoms with Crippen LogP contribution in [0.15, 0.2) is 4.99 Å². The summed E-state index contributed by atoms with van der Waals surface area (Å²) in [6.07, 6.45) is 4.04. The maximum atomic E-state index is 5.64. The molecule has 0 atom stereocenters. The fourth-order valence-electron chi connectivity index (χ4n) is 1.24. The SMILES string of the molecule is CC(C)NC(N)=NCC1CCC1. The highest BCUT2D eigenvalue weighted by Crippen LogP contribution is 2.26. The van der Waals surface area contributed by atoms with Crippen molar-refractivity contribution in [2.45, 2.75) is 39.2 Å². The molecule has 1 saturated carbocycles. The maximum absolute atomic E-state index is 5.64. The van der Waals surface area contributed by atoms with Gasteiger partial charge in [0.2, 0.25) is 0 Å². The Balaban J connectivity index is 2.15. The lowest BCUT2D eigenvalue weighted by molar-refractivity contribution is 0.326. The molecule has 0 radical (unpaired) electrons. The van der Waals surface area contributed by atoms with E-state index in [0.29, 0.717) is 12.0 Å². The Labute approximate surface area is 74.4 Å². The third-order valence-electron chi connectivity index (χ3n) is 2.18. The monoisotopic (exact) mass is 169 g/mol. The van der Waals surface area contributed by atoms with E-state index in [1.54, 1.807) is 0 Å². The minimum Gasteiger partial charge on any atom is -0.370 e. The standard InChI is InChI=1S/C9H19N3/c1-7(2)12-9(10)11-6-8-4-3-5-8/h7-8H,3-6H2,1-2H3,(H3,10,11,12). The van der Waals surface area contributed by atoms with Gasteiger partial charge in [-0.1, -0.05) is 6.42 Å². The van der Waals surface area contributed by atoms with Gasteiger partial charge in [-0.05, 0) is 32.6 Å². The van der Waals surface area contributed by atoms with Gasteiger partial charge in [0.1, 0.15) is 0 Å². The number of nitrogens with zero attached hydrogens (tertiary/aromatic N) is 1. The first kappa shape index (κ1) is 9.36. The average Bonchev–Trinajstić information content (AvgIpc) is 1.81. The van der Waals surface area contributed by atoms with Gasteiger partial charge in [-0.15, -0.1) is 0 Å². The Bertz CT molecular complexity index is 159. The molecule has 12 heavy (non-hydrogen) atoms. The number of guanidine groups is 1. The summed E-state index contributed by atoms with van der Waals surface area (Å²) in [4.78, 5) is 4.27. The van der Waals surface area contributed by atoms with Crippen LogP contribution in [-0.2, 0) is 0 Å². The third kappa shape index (κ3) is 3.11. The highest BCUT2D eigenvalue weighted by molar-refractivity contribution is 5.78. The molecule has 3 nitrogen and oxygen atoms in total. The molecule has 1 aliphatic carbocycles. The van der Waals surface area contributed by atoms with Crippen molar-refractivity contribution in [3.8, 4) is 0 Å². The van der Waals surface area contributed by atoms with Crippen LogP contribution >= 0.6 is 0 Å². The first-order valence-corrected chi connectivity index (χ1v) is 4.75. The molecule has 0 aliphatic heterocycles. The molecule has 0 aromatic rings. The van der Waals surface area contributed by atoms with Crippen LogP contribution in [-0.4, -0.2) is 18.5 Å². The normalized spacial score (nSPS) is 19.4. The zero-order valence-corrected chi connectivity index (χ0v) is 8.01. The molecular weight excluding hydrogens is 150 g/mol. The summed E-state index contributed by atoms with van der Waals surface area (Å²) >= 11 is 0. The Morgan fingerprint density at radius 1 is 1.58 bits per heavy atom. The van der Waals surface area contributed by atoms with Crippen LogP contribution in [0.3, 0.4) is 0 Å². The first-order chi connectivity index (χ1) is 5.68. The number of aliphatic imine (C=N–C) groups is 1. The number of nitrogens with two attached hydrogens (primary N) is 1. The summed E-state index contributed by atoms with van der Waals surface area (Å²) in [5.74, 6) is 1.40. The zero-order chi connectivity index (χ0) is 8.97. The van der Waals surface area contributed by atoms with E-state index >= 15 is 0 Å². The second kappa shape index (κ2) is 4.33. The molecule has 3 heteroatoms. The number of hydrogen-bond donors (Lipinski definition) is 2. The van der Waals surface area contributed by atoms with E-state index in [0.717, 1.165) is 12.5 Å². The average molecular weight is 169 g/mol. The Morgan fingerprint density at radius 2 is 2.25 bits per heavy atom. The van der Waals surface area contributed by atoms with Gasteiger partial charge in [-0.2, -0.15) is 0 Å². The topological polar surface area (TPSA) is 50.4 Å². The van der Waals surface area contributed by atoms with Gasteiger partial charge in [-0.25, -0.2) is 0 Å². The molecule has 1 aliphatic rings. The van der Waals surface area contributed by atoms with E-state index in [2.05, 4.69) is 24.2 Å². The van der Waals surface area contributed by atoms with Crippen LogP contribution in [0.4, 0.5) is 0 Å². The van der Waals surface area contributed by atoms with Crippen molar-refractivity contribution in [2.24, 2.45) is 16.6 Å². The van der Waals surface area contributed by atoms with E-state index in [-0.39, 0.29) is 0 Å². The van der Waals surface area contributed by atoms with E-state index in [1.807, 2.05) is 0 Å². The molecule has 0 aromatic carbocycles. The van der Waals surface area contributed by atoms with Crippen molar-refractivity contribution in [1.29, 1.82) is 0 Å². The summed E-state index contributed by atoms with van der Waals surface area (Å²) in [5, 5.41) is 3.07. The van der Waals surface area contributed by atoms with Crippen LogP contribution in [0.1, 0.15) is 33.1 Å². The summed E-state index contributed by atoms with van der Waals surface area (Å²) in [6.45, 7) is 5.03. The van der Waals surface area contributed by atoms with Crippen LogP contribution in [0.25, 0.3) is 0 Å². The van der Waals surface area contributed by atoms with E-state index in [4.69, 9.17) is 5.73 Å². The second-order valence-corrected chi connectivity index (χ2v) is 3.82. The number of nitrogens with one attached hydrogen (secondary N) is 1. The van der Waals surface area contributed by atoms with E-state index < -0.39 is 0 Å². The molecule has 1 rings (SSSR count). The minimum atomic E-state index is 0.384. The molecule has 0 unspecified atom stereocenters. The fourth-order valence-corrected chi connectivity index (χ4v) is 1.24.